The van der Waals surface area contributed by atoms with Crippen molar-refractivity contribution in [3.05, 3.63) is 52.0 Å². The van der Waals surface area contributed by atoms with E-state index in [4.69, 9.17) is 0 Å². The van der Waals surface area contributed by atoms with E-state index in [0.717, 1.165) is 15.8 Å². The van der Waals surface area contributed by atoms with Gasteiger partial charge in [-0.15, -0.1) is 21.5 Å². The van der Waals surface area contributed by atoms with Crippen LogP contribution in [-0.2, 0) is 0 Å². The fourth-order valence-corrected chi connectivity index (χ4v) is 3.52. The number of aromatic nitrogens is 7. The Balaban J connectivity index is 1.86. The van der Waals surface area contributed by atoms with E-state index in [0.29, 0.717) is 28.7 Å². The molecule has 2 N–H and O–H groups in total. The van der Waals surface area contributed by atoms with Gasteiger partial charge in [0.2, 0.25) is 5.43 Å². The molecule has 0 bridgehead atoms. The molecule has 0 saturated heterocycles. The highest BCUT2D eigenvalue weighted by Gasteiger charge is 2.18. The Hall–Kier alpha value is -3.46. The maximum atomic E-state index is 12.2. The van der Waals surface area contributed by atoms with E-state index in [9.17, 15) is 4.79 Å². The van der Waals surface area contributed by atoms with E-state index in [2.05, 4.69) is 35.1 Å². The molecule has 126 valence electrons. The highest BCUT2D eigenvalue weighted by atomic mass is 32.1. The molecule has 4 aromatic heterocycles. The number of thiazole rings is 1. The molecule has 0 radical (unpaired) electrons. The summed E-state index contributed by atoms with van der Waals surface area (Å²) >= 11 is 1.55. The lowest BCUT2D eigenvalue weighted by Gasteiger charge is -2.08. The van der Waals surface area contributed by atoms with Gasteiger partial charge in [-0.3, -0.25) is 4.79 Å². The first-order chi connectivity index (χ1) is 12.7. The van der Waals surface area contributed by atoms with E-state index in [1.807, 2.05) is 25.1 Å². The lowest BCUT2D eigenvalue weighted by atomic mass is 10.1. The molecule has 1 aromatic carbocycles. The van der Waals surface area contributed by atoms with E-state index in [1.165, 1.54) is 6.07 Å². The summed E-state index contributed by atoms with van der Waals surface area (Å²) in [6.45, 7) is 1.82. The highest BCUT2D eigenvalue weighted by Crippen LogP contribution is 2.31. The number of nitrogens with zero attached hydrogens (tertiary/aromatic N) is 5. The molecule has 0 unspecified atom stereocenters. The first-order valence-electron chi connectivity index (χ1n) is 7.82. The van der Waals surface area contributed by atoms with Crippen LogP contribution in [0.3, 0.4) is 0 Å². The first-order valence-corrected chi connectivity index (χ1v) is 8.70. The molecule has 0 saturated carbocycles. The van der Waals surface area contributed by atoms with Crippen molar-refractivity contribution in [2.24, 2.45) is 0 Å². The van der Waals surface area contributed by atoms with Gasteiger partial charge in [0.25, 0.3) is 0 Å². The predicted octanol–water partition coefficient (Wildman–Crippen LogP) is 2.69. The maximum absolute atomic E-state index is 12.2. The lowest BCUT2D eigenvalue weighted by Crippen LogP contribution is -2.07. The van der Waals surface area contributed by atoms with Crippen molar-refractivity contribution >= 4 is 32.7 Å². The fraction of sp³-hybridized carbons (Fsp3) is 0.0588. The molecule has 0 aliphatic carbocycles. The second kappa shape index (κ2) is 5.53. The van der Waals surface area contributed by atoms with Crippen LogP contribution < -0.4 is 5.43 Å². The summed E-state index contributed by atoms with van der Waals surface area (Å²) in [5.41, 5.74) is 5.16. The Morgan fingerprint density at radius 1 is 1.08 bits per heavy atom. The summed E-state index contributed by atoms with van der Waals surface area (Å²) in [5.74, 6) is 1.17. The molecule has 9 heteroatoms. The molecule has 4 heterocycles. The van der Waals surface area contributed by atoms with Gasteiger partial charge in [0.15, 0.2) is 17.0 Å². The van der Waals surface area contributed by atoms with Crippen molar-refractivity contribution in [1.82, 2.24) is 35.1 Å². The number of nitrogens with one attached hydrogen (secondary N) is 2. The molecular formula is C17H11N7OS. The van der Waals surface area contributed by atoms with Gasteiger partial charge in [-0.2, -0.15) is 0 Å². The zero-order chi connectivity index (χ0) is 17.7. The minimum absolute atomic E-state index is 0.188. The summed E-state index contributed by atoms with van der Waals surface area (Å²) < 4.78 is 1.03. The molecule has 0 fully saturated rings. The number of benzene rings is 1. The Morgan fingerprint density at radius 3 is 2.85 bits per heavy atom. The third-order valence-electron chi connectivity index (χ3n) is 4.01. The van der Waals surface area contributed by atoms with Crippen LogP contribution in [0, 0.1) is 6.92 Å². The molecule has 5 aromatic rings. The Bertz CT molecular complexity index is 1330. The normalized spacial score (nSPS) is 11.4. The van der Waals surface area contributed by atoms with Gasteiger partial charge in [0, 0.05) is 17.8 Å². The van der Waals surface area contributed by atoms with Gasteiger partial charge >= 0.3 is 0 Å². The van der Waals surface area contributed by atoms with Crippen LogP contribution in [0.5, 0.6) is 0 Å². The Morgan fingerprint density at radius 2 is 2.00 bits per heavy atom. The third-order valence-corrected chi connectivity index (χ3v) is 4.80. The minimum atomic E-state index is -0.188. The number of hydrogen-bond donors (Lipinski definition) is 2. The third kappa shape index (κ3) is 2.29. The van der Waals surface area contributed by atoms with Crippen LogP contribution in [0.4, 0.5) is 0 Å². The second-order valence-corrected chi connectivity index (χ2v) is 6.64. The van der Waals surface area contributed by atoms with E-state index < -0.39 is 0 Å². The smallest absolute Gasteiger partial charge is 0.209 e. The number of hydrogen-bond acceptors (Lipinski definition) is 7. The second-order valence-electron chi connectivity index (χ2n) is 5.75. The van der Waals surface area contributed by atoms with E-state index in [-0.39, 0.29) is 10.9 Å². The lowest BCUT2D eigenvalue weighted by molar-refractivity contribution is 1.04. The molecule has 8 nitrogen and oxygen atoms in total. The highest BCUT2D eigenvalue weighted by molar-refractivity contribution is 7.16. The molecular weight excluding hydrogens is 350 g/mol. The molecule has 0 aliphatic rings. The molecule has 5 rings (SSSR count). The monoisotopic (exact) mass is 361 g/mol. The van der Waals surface area contributed by atoms with Gasteiger partial charge in [0.05, 0.1) is 15.7 Å². The van der Waals surface area contributed by atoms with Crippen LogP contribution in [0.25, 0.3) is 44.2 Å². The topological polar surface area (TPSA) is 113 Å². The number of pyridine rings is 1. The minimum Gasteiger partial charge on any atom is -0.345 e. The number of fused-ring (bicyclic) bond motifs is 2. The zero-order valence-corrected chi connectivity index (χ0v) is 14.3. The van der Waals surface area contributed by atoms with Gasteiger partial charge in [-0.05, 0) is 19.1 Å². The average Bonchev–Trinajstić information content (AvgIpc) is 3.29. The Kier molecular flexibility index (Phi) is 3.16. The van der Waals surface area contributed by atoms with Crippen molar-refractivity contribution < 1.29 is 0 Å². The summed E-state index contributed by atoms with van der Waals surface area (Å²) in [4.78, 5) is 31.8. The molecule has 0 atom stereocenters. The van der Waals surface area contributed by atoms with E-state index in [1.54, 1.807) is 23.0 Å². The average molecular weight is 361 g/mol. The summed E-state index contributed by atoms with van der Waals surface area (Å²) in [5, 5.41) is 8.16. The molecule has 0 aliphatic heterocycles. The van der Waals surface area contributed by atoms with Crippen LogP contribution in [0.15, 0.2) is 40.8 Å². The SMILES string of the molecule is Cc1nnc(-c2nc3[nH]ccc(=O)c3nc2-c2ccc3ncsc3c2)[nH]1. The summed E-state index contributed by atoms with van der Waals surface area (Å²) in [7, 11) is 0. The van der Waals surface area contributed by atoms with E-state index >= 15 is 0 Å². The van der Waals surface area contributed by atoms with Crippen molar-refractivity contribution in [2.75, 3.05) is 0 Å². The molecule has 0 amide bonds. The van der Waals surface area contributed by atoms with Gasteiger partial charge in [-0.1, -0.05) is 6.07 Å². The van der Waals surface area contributed by atoms with Crippen LogP contribution >= 0.6 is 11.3 Å². The van der Waals surface area contributed by atoms with Gasteiger partial charge in [0.1, 0.15) is 17.2 Å². The standard InChI is InChI=1S/C17H11N7OS/c1-8-20-17(24-23-8)15-13(9-2-3-10-12(6-9)26-7-19-10)21-14-11(25)4-5-18-16(14)22-15/h2-7H,1H3,(H,18,22,25)(H,20,23,24). The molecule has 0 spiro atoms. The van der Waals surface area contributed by atoms with Gasteiger partial charge in [-0.25, -0.2) is 15.0 Å². The summed E-state index contributed by atoms with van der Waals surface area (Å²) in [6, 6.07) is 7.28. The maximum Gasteiger partial charge on any atom is 0.209 e. The number of rotatable bonds is 2. The number of H-pyrrole nitrogens is 2. The van der Waals surface area contributed by atoms with Crippen molar-refractivity contribution in [2.45, 2.75) is 6.92 Å². The van der Waals surface area contributed by atoms with Crippen molar-refractivity contribution in [3.63, 3.8) is 0 Å². The predicted molar refractivity (Wildman–Crippen MR) is 98.9 cm³/mol. The van der Waals surface area contributed by atoms with Crippen LogP contribution in [0.2, 0.25) is 0 Å². The molecule has 26 heavy (non-hydrogen) atoms. The van der Waals surface area contributed by atoms with Gasteiger partial charge < -0.3 is 9.97 Å². The van der Waals surface area contributed by atoms with Crippen molar-refractivity contribution in [1.29, 1.82) is 0 Å². The fourth-order valence-electron chi connectivity index (χ4n) is 2.80. The summed E-state index contributed by atoms with van der Waals surface area (Å²) in [6.07, 6.45) is 1.55. The Labute approximate surface area is 150 Å². The number of aryl methyl sites for hydroxylation is 1. The first kappa shape index (κ1) is 14.8. The zero-order valence-electron chi connectivity index (χ0n) is 13.5. The van der Waals surface area contributed by atoms with Crippen molar-refractivity contribution in [3.8, 4) is 22.8 Å². The van der Waals surface area contributed by atoms with Crippen LogP contribution in [0.1, 0.15) is 5.82 Å². The number of aromatic amines is 2. The largest absolute Gasteiger partial charge is 0.345 e. The van der Waals surface area contributed by atoms with Crippen LogP contribution in [-0.4, -0.2) is 35.1 Å². The quantitative estimate of drug-likeness (QED) is 0.500.